The highest BCUT2D eigenvalue weighted by Gasteiger charge is 2.08. The van der Waals surface area contributed by atoms with Crippen LogP contribution >= 0.6 is 0 Å². The van der Waals surface area contributed by atoms with E-state index in [1.165, 1.54) is 206 Å². The number of hydrogen-bond donors (Lipinski definition) is 0. The van der Waals surface area contributed by atoms with Crippen molar-refractivity contribution in [3.63, 3.8) is 0 Å². The molecule has 0 heterocycles. The quantitative estimate of drug-likeness (QED) is 0.0769. The lowest BCUT2D eigenvalue weighted by Crippen LogP contribution is -2.30. The maximum Gasteiger partial charge on any atom is -0.00183 e. The lowest BCUT2D eigenvalue weighted by Gasteiger charge is -2.25. The van der Waals surface area contributed by atoms with Crippen LogP contribution in [0.15, 0.2) is 0 Å². The van der Waals surface area contributed by atoms with Crippen LogP contribution < -0.4 is 0 Å². The topological polar surface area (TPSA) is 6.48 Å². The van der Waals surface area contributed by atoms with E-state index >= 15 is 0 Å². The van der Waals surface area contributed by atoms with Crippen LogP contribution in [0.3, 0.4) is 0 Å². The number of unbranched alkanes of at least 4 members (excludes halogenated alkanes) is 21. The van der Waals surface area contributed by atoms with Gasteiger partial charge in [0.05, 0.1) is 0 Å². The minimum Gasteiger partial charge on any atom is -0.303 e. The minimum absolute atomic E-state index is 1.34. The lowest BCUT2D eigenvalue weighted by atomic mass is 10.1. The summed E-state index contributed by atoms with van der Waals surface area (Å²) in [5, 5.41) is 0. The second-order valence-corrected chi connectivity index (χ2v) is 12.5. The van der Waals surface area contributed by atoms with Crippen molar-refractivity contribution in [2.75, 3.05) is 39.3 Å². The second kappa shape index (κ2) is 33.1. The van der Waals surface area contributed by atoms with Crippen molar-refractivity contribution in [3.05, 3.63) is 0 Å². The van der Waals surface area contributed by atoms with Gasteiger partial charge in [0.25, 0.3) is 0 Å². The molecule has 38 heavy (non-hydrogen) atoms. The summed E-state index contributed by atoms with van der Waals surface area (Å²) in [4.78, 5) is 5.68. The molecule has 0 radical (unpaired) electrons. The second-order valence-electron chi connectivity index (χ2n) is 12.5. The van der Waals surface area contributed by atoms with Crippen LogP contribution in [0.4, 0.5) is 0 Å². The molecule has 0 aliphatic rings. The molecule has 0 fully saturated rings. The molecule has 0 aliphatic carbocycles. The van der Waals surface area contributed by atoms with E-state index in [0.717, 1.165) is 0 Å². The van der Waals surface area contributed by atoms with Crippen molar-refractivity contribution >= 4 is 0 Å². The third kappa shape index (κ3) is 28.9. The standard InChI is InChI=1S/C36H76N2/c1-5-9-13-17-21-25-31-37(32-26-22-18-14-10-6-2)35-29-30-36-38(33-27-23-19-15-11-7-3)34-28-24-20-16-12-8-4/h5-36H2,1-4H3. The van der Waals surface area contributed by atoms with Gasteiger partial charge in [-0.3, -0.25) is 0 Å². The first-order chi connectivity index (χ1) is 18.8. The molecule has 0 aromatic carbocycles. The molecule has 0 atom stereocenters. The first-order valence-corrected chi connectivity index (χ1v) is 18.2. The summed E-state index contributed by atoms with van der Waals surface area (Å²) >= 11 is 0. The predicted octanol–water partition coefficient (Wildman–Crippen LogP) is 11.8. The van der Waals surface area contributed by atoms with E-state index in [2.05, 4.69) is 37.5 Å². The molecule has 0 spiro atoms. The Bertz CT molecular complexity index is 340. The molecule has 0 aromatic rings. The van der Waals surface area contributed by atoms with Crippen molar-refractivity contribution in [1.82, 2.24) is 9.80 Å². The summed E-state index contributed by atoms with van der Waals surface area (Å²) < 4.78 is 0. The van der Waals surface area contributed by atoms with Gasteiger partial charge in [-0.1, -0.05) is 156 Å². The molecular weight excluding hydrogens is 460 g/mol. The SMILES string of the molecule is CCCCCCCCN(CCCCCCCC)CCCCN(CCCCCCCC)CCCCCCCC. The van der Waals surface area contributed by atoms with Crippen LogP contribution in [0.25, 0.3) is 0 Å². The largest absolute Gasteiger partial charge is 0.303 e. The molecule has 0 aliphatic heterocycles. The molecule has 0 N–H and O–H groups in total. The smallest absolute Gasteiger partial charge is 0.00183 e. The van der Waals surface area contributed by atoms with Crippen LogP contribution in [0, 0.1) is 0 Å². The zero-order valence-corrected chi connectivity index (χ0v) is 27.5. The predicted molar refractivity (Wildman–Crippen MR) is 176 cm³/mol. The zero-order valence-electron chi connectivity index (χ0n) is 27.5. The average Bonchev–Trinajstić information content (AvgIpc) is 2.93. The van der Waals surface area contributed by atoms with Gasteiger partial charge in [-0.2, -0.15) is 0 Å². The Morgan fingerprint density at radius 2 is 0.368 bits per heavy atom. The van der Waals surface area contributed by atoms with Gasteiger partial charge in [0.2, 0.25) is 0 Å². The Labute approximate surface area is 243 Å². The van der Waals surface area contributed by atoms with Crippen LogP contribution in [0.2, 0.25) is 0 Å². The van der Waals surface area contributed by atoms with E-state index in [1.807, 2.05) is 0 Å². The first-order valence-electron chi connectivity index (χ1n) is 18.2. The molecule has 230 valence electrons. The van der Waals surface area contributed by atoms with Crippen LogP contribution in [0.5, 0.6) is 0 Å². The van der Waals surface area contributed by atoms with Gasteiger partial charge in [0.1, 0.15) is 0 Å². The van der Waals surface area contributed by atoms with Gasteiger partial charge in [0, 0.05) is 0 Å². The van der Waals surface area contributed by atoms with Crippen molar-refractivity contribution in [2.45, 2.75) is 195 Å². The van der Waals surface area contributed by atoms with Gasteiger partial charge in [-0.15, -0.1) is 0 Å². The molecule has 0 rings (SSSR count). The third-order valence-electron chi connectivity index (χ3n) is 8.51. The van der Waals surface area contributed by atoms with Crippen molar-refractivity contribution in [3.8, 4) is 0 Å². The van der Waals surface area contributed by atoms with Crippen molar-refractivity contribution < 1.29 is 0 Å². The highest BCUT2D eigenvalue weighted by Crippen LogP contribution is 2.12. The zero-order chi connectivity index (χ0) is 27.8. The van der Waals surface area contributed by atoms with Gasteiger partial charge < -0.3 is 9.80 Å². The molecule has 2 heteroatoms. The van der Waals surface area contributed by atoms with Gasteiger partial charge in [-0.25, -0.2) is 0 Å². The molecule has 2 nitrogen and oxygen atoms in total. The average molecular weight is 537 g/mol. The Morgan fingerprint density at radius 1 is 0.211 bits per heavy atom. The fourth-order valence-corrected chi connectivity index (χ4v) is 5.80. The van der Waals surface area contributed by atoms with E-state index in [0.29, 0.717) is 0 Å². The Hall–Kier alpha value is -0.0800. The van der Waals surface area contributed by atoms with Gasteiger partial charge in [0.15, 0.2) is 0 Å². The summed E-state index contributed by atoms with van der Waals surface area (Å²) in [6, 6.07) is 0. The molecule has 0 unspecified atom stereocenters. The molecule has 0 saturated heterocycles. The van der Waals surface area contributed by atoms with Gasteiger partial charge in [-0.05, 0) is 77.8 Å². The Balaban J connectivity index is 4.36. The van der Waals surface area contributed by atoms with Crippen LogP contribution in [-0.4, -0.2) is 49.1 Å². The highest BCUT2D eigenvalue weighted by atomic mass is 15.1. The van der Waals surface area contributed by atoms with Gasteiger partial charge >= 0.3 is 0 Å². The monoisotopic (exact) mass is 537 g/mol. The van der Waals surface area contributed by atoms with E-state index in [-0.39, 0.29) is 0 Å². The molecule has 0 amide bonds. The summed E-state index contributed by atoms with van der Waals surface area (Å²) in [5.74, 6) is 0. The Morgan fingerprint density at radius 3 is 0.579 bits per heavy atom. The summed E-state index contributed by atoms with van der Waals surface area (Å²) in [5.41, 5.74) is 0. The van der Waals surface area contributed by atoms with Crippen molar-refractivity contribution in [2.24, 2.45) is 0 Å². The summed E-state index contributed by atoms with van der Waals surface area (Å²) in [6.45, 7) is 17.4. The number of nitrogens with zero attached hydrogens (tertiary/aromatic N) is 2. The minimum atomic E-state index is 1.34. The Kier molecular flexibility index (Phi) is 33.1. The van der Waals surface area contributed by atoms with Crippen molar-refractivity contribution in [1.29, 1.82) is 0 Å². The highest BCUT2D eigenvalue weighted by molar-refractivity contribution is 4.64. The summed E-state index contributed by atoms with van der Waals surface area (Å²) in [7, 11) is 0. The maximum absolute atomic E-state index is 2.84. The molecule has 0 aromatic heterocycles. The third-order valence-corrected chi connectivity index (χ3v) is 8.51. The van der Waals surface area contributed by atoms with E-state index < -0.39 is 0 Å². The first kappa shape index (κ1) is 37.9. The number of hydrogen-bond acceptors (Lipinski definition) is 2. The van der Waals surface area contributed by atoms with E-state index in [4.69, 9.17) is 0 Å². The fraction of sp³-hybridized carbons (Fsp3) is 1.00. The van der Waals surface area contributed by atoms with E-state index in [9.17, 15) is 0 Å². The normalized spacial score (nSPS) is 11.8. The molecular formula is C36H76N2. The van der Waals surface area contributed by atoms with Crippen LogP contribution in [0.1, 0.15) is 195 Å². The van der Waals surface area contributed by atoms with E-state index in [1.54, 1.807) is 0 Å². The maximum atomic E-state index is 2.84. The fourth-order valence-electron chi connectivity index (χ4n) is 5.80. The summed E-state index contributed by atoms with van der Waals surface area (Å²) in [6.07, 6.45) is 37.0. The lowest BCUT2D eigenvalue weighted by molar-refractivity contribution is 0.229. The van der Waals surface area contributed by atoms with Crippen LogP contribution in [-0.2, 0) is 0 Å². The molecule has 0 bridgehead atoms. The molecule has 0 saturated carbocycles. The number of rotatable bonds is 33.